The Kier molecular flexibility index (Phi) is 5.05. The monoisotopic (exact) mass is 238 g/mol. The second kappa shape index (κ2) is 5.87. The first-order valence-electron chi connectivity index (χ1n) is 5.90. The normalized spacial score (nSPS) is 23.2. The quantitative estimate of drug-likeness (QED) is 0.739. The molecular formula is C11H21F3N2. The molecule has 1 heterocycles. The Bertz CT molecular complexity index is 204. The van der Waals surface area contributed by atoms with Crippen LogP contribution in [-0.4, -0.2) is 43.3 Å². The number of halogens is 3. The van der Waals surface area contributed by atoms with E-state index in [0.29, 0.717) is 18.5 Å². The minimum Gasteiger partial charge on any atom is -0.316 e. The van der Waals surface area contributed by atoms with E-state index in [1.165, 1.54) is 0 Å². The fourth-order valence-electron chi connectivity index (χ4n) is 2.03. The molecule has 96 valence electrons. The highest BCUT2D eigenvalue weighted by Gasteiger charge is 2.27. The summed E-state index contributed by atoms with van der Waals surface area (Å²) in [5.41, 5.74) is 0. The second-order valence-electron chi connectivity index (χ2n) is 4.81. The fourth-order valence-corrected chi connectivity index (χ4v) is 2.03. The molecule has 0 saturated carbocycles. The minimum absolute atomic E-state index is 0.0433. The van der Waals surface area contributed by atoms with Gasteiger partial charge in [-0.15, -0.1) is 0 Å². The van der Waals surface area contributed by atoms with Crippen LogP contribution in [0.5, 0.6) is 0 Å². The molecule has 0 aromatic heterocycles. The van der Waals surface area contributed by atoms with Crippen LogP contribution in [0.4, 0.5) is 13.2 Å². The van der Waals surface area contributed by atoms with Crippen LogP contribution in [0, 0.1) is 5.92 Å². The van der Waals surface area contributed by atoms with Gasteiger partial charge < -0.3 is 10.2 Å². The van der Waals surface area contributed by atoms with Gasteiger partial charge in [-0.1, -0.05) is 0 Å². The highest BCUT2D eigenvalue weighted by atomic mass is 19.4. The largest absolute Gasteiger partial charge is 0.390 e. The van der Waals surface area contributed by atoms with Gasteiger partial charge in [-0.25, -0.2) is 0 Å². The maximum atomic E-state index is 11.9. The molecule has 1 aliphatic heterocycles. The molecule has 1 saturated heterocycles. The Morgan fingerprint density at radius 1 is 1.38 bits per heavy atom. The predicted molar refractivity (Wildman–Crippen MR) is 58.4 cm³/mol. The van der Waals surface area contributed by atoms with Crippen molar-refractivity contribution in [3.8, 4) is 0 Å². The molecule has 0 spiro atoms. The first kappa shape index (κ1) is 13.8. The summed E-state index contributed by atoms with van der Waals surface area (Å²) in [7, 11) is 0. The first-order valence-corrected chi connectivity index (χ1v) is 5.90. The van der Waals surface area contributed by atoms with Crippen LogP contribution in [0.2, 0.25) is 0 Å². The molecule has 1 unspecified atom stereocenters. The predicted octanol–water partition coefficient (Wildman–Crippen LogP) is 2.26. The van der Waals surface area contributed by atoms with E-state index in [4.69, 9.17) is 0 Å². The zero-order valence-corrected chi connectivity index (χ0v) is 9.98. The molecule has 2 nitrogen and oxygen atoms in total. The summed E-state index contributed by atoms with van der Waals surface area (Å²) in [5.74, 6) is 0.510. The van der Waals surface area contributed by atoms with E-state index in [1.807, 2.05) is 0 Å². The van der Waals surface area contributed by atoms with Gasteiger partial charge in [0.2, 0.25) is 0 Å². The van der Waals surface area contributed by atoms with Crippen molar-refractivity contribution < 1.29 is 13.2 Å². The van der Waals surface area contributed by atoms with Crippen LogP contribution >= 0.6 is 0 Å². The third kappa shape index (κ3) is 5.16. The van der Waals surface area contributed by atoms with E-state index in [1.54, 1.807) is 0 Å². The molecule has 1 rings (SSSR count). The topological polar surface area (TPSA) is 15.3 Å². The Labute approximate surface area is 95.2 Å². The molecule has 1 aliphatic rings. The average Bonchev–Trinajstić information content (AvgIpc) is 2.59. The summed E-state index contributed by atoms with van der Waals surface area (Å²) in [6, 6.07) is 0.542. The Balaban J connectivity index is 2.07. The van der Waals surface area contributed by atoms with Gasteiger partial charge in [-0.2, -0.15) is 13.2 Å². The van der Waals surface area contributed by atoms with E-state index in [0.717, 1.165) is 19.5 Å². The lowest BCUT2D eigenvalue weighted by atomic mass is 10.1. The van der Waals surface area contributed by atoms with Gasteiger partial charge in [0, 0.05) is 19.1 Å². The number of hydrogen-bond acceptors (Lipinski definition) is 2. The molecule has 0 aliphatic carbocycles. The molecule has 0 aromatic rings. The highest BCUT2D eigenvalue weighted by Crippen LogP contribution is 2.19. The number of nitrogens with zero attached hydrogens (tertiary/aromatic N) is 1. The van der Waals surface area contributed by atoms with Crippen LogP contribution in [0.3, 0.4) is 0 Å². The van der Waals surface area contributed by atoms with Crippen molar-refractivity contribution in [2.45, 2.75) is 38.9 Å². The van der Waals surface area contributed by atoms with Gasteiger partial charge in [0.05, 0.1) is 6.42 Å². The average molecular weight is 238 g/mol. The molecule has 5 heteroatoms. The first-order chi connectivity index (χ1) is 7.38. The van der Waals surface area contributed by atoms with Crippen LogP contribution in [-0.2, 0) is 0 Å². The lowest BCUT2D eigenvalue weighted by molar-refractivity contribution is -0.133. The van der Waals surface area contributed by atoms with E-state index in [9.17, 15) is 13.2 Å². The van der Waals surface area contributed by atoms with Crippen molar-refractivity contribution in [2.24, 2.45) is 5.92 Å². The van der Waals surface area contributed by atoms with Crippen molar-refractivity contribution in [1.29, 1.82) is 0 Å². The maximum absolute atomic E-state index is 11.9. The highest BCUT2D eigenvalue weighted by molar-refractivity contribution is 4.79. The lowest BCUT2D eigenvalue weighted by Crippen LogP contribution is -2.31. The summed E-state index contributed by atoms with van der Waals surface area (Å²) in [6.07, 6.45) is -3.67. The standard InChI is InChI=1S/C11H21F3N2/c1-9(2)16-6-3-10(8-16)7-15-5-4-11(12,13)14/h9-10,15H,3-8H2,1-2H3. The third-order valence-corrected chi connectivity index (χ3v) is 3.07. The van der Waals surface area contributed by atoms with E-state index >= 15 is 0 Å². The van der Waals surface area contributed by atoms with Crippen LogP contribution in [0.25, 0.3) is 0 Å². The number of alkyl halides is 3. The Hall–Kier alpha value is -0.290. The van der Waals surface area contributed by atoms with E-state index in [-0.39, 0.29) is 6.54 Å². The number of hydrogen-bond donors (Lipinski definition) is 1. The SMILES string of the molecule is CC(C)N1CCC(CNCCC(F)(F)F)C1. The van der Waals surface area contributed by atoms with E-state index in [2.05, 4.69) is 24.1 Å². The second-order valence-corrected chi connectivity index (χ2v) is 4.81. The molecule has 0 amide bonds. The zero-order valence-electron chi connectivity index (χ0n) is 9.98. The van der Waals surface area contributed by atoms with Gasteiger partial charge in [0.25, 0.3) is 0 Å². The Morgan fingerprint density at radius 3 is 2.56 bits per heavy atom. The number of nitrogens with one attached hydrogen (secondary N) is 1. The maximum Gasteiger partial charge on any atom is 0.390 e. The Morgan fingerprint density at radius 2 is 2.06 bits per heavy atom. The van der Waals surface area contributed by atoms with Crippen LogP contribution in [0.1, 0.15) is 26.7 Å². The van der Waals surface area contributed by atoms with Crippen molar-refractivity contribution >= 4 is 0 Å². The van der Waals surface area contributed by atoms with Gasteiger partial charge in [-0.3, -0.25) is 0 Å². The number of rotatable bonds is 5. The number of likely N-dealkylation sites (tertiary alicyclic amines) is 1. The zero-order chi connectivity index (χ0) is 12.2. The molecule has 0 aromatic carbocycles. The van der Waals surface area contributed by atoms with Gasteiger partial charge >= 0.3 is 6.18 Å². The third-order valence-electron chi connectivity index (χ3n) is 3.07. The molecule has 1 fully saturated rings. The van der Waals surface area contributed by atoms with E-state index < -0.39 is 12.6 Å². The van der Waals surface area contributed by atoms with Gasteiger partial charge in [0.1, 0.15) is 0 Å². The summed E-state index contributed by atoms with van der Waals surface area (Å²) >= 11 is 0. The summed E-state index contributed by atoms with van der Waals surface area (Å²) < 4.78 is 35.6. The smallest absolute Gasteiger partial charge is 0.316 e. The molecule has 16 heavy (non-hydrogen) atoms. The van der Waals surface area contributed by atoms with Gasteiger partial charge in [-0.05, 0) is 39.3 Å². The molecule has 0 radical (unpaired) electrons. The van der Waals surface area contributed by atoms with Crippen molar-refractivity contribution in [3.05, 3.63) is 0 Å². The van der Waals surface area contributed by atoms with Crippen molar-refractivity contribution in [1.82, 2.24) is 10.2 Å². The molecule has 1 atom stereocenters. The lowest BCUT2D eigenvalue weighted by Gasteiger charge is -2.20. The van der Waals surface area contributed by atoms with Gasteiger partial charge in [0.15, 0.2) is 0 Å². The van der Waals surface area contributed by atoms with Crippen molar-refractivity contribution in [2.75, 3.05) is 26.2 Å². The van der Waals surface area contributed by atoms with Crippen LogP contribution in [0.15, 0.2) is 0 Å². The molecule has 0 bridgehead atoms. The van der Waals surface area contributed by atoms with Crippen LogP contribution < -0.4 is 5.32 Å². The summed E-state index contributed by atoms with van der Waals surface area (Å²) in [5, 5.41) is 2.90. The van der Waals surface area contributed by atoms with Crippen molar-refractivity contribution in [3.63, 3.8) is 0 Å². The molecule has 1 N–H and O–H groups in total. The summed E-state index contributed by atoms with van der Waals surface area (Å²) in [6.45, 7) is 7.14. The minimum atomic E-state index is -4.04. The fraction of sp³-hybridized carbons (Fsp3) is 1.00. The molecular weight excluding hydrogens is 217 g/mol. The summed E-state index contributed by atoms with van der Waals surface area (Å²) in [4.78, 5) is 2.37.